The molecule has 0 aliphatic heterocycles. The second-order valence-corrected chi connectivity index (χ2v) is 4.14. The number of ether oxygens (including phenoxy) is 1. The second kappa shape index (κ2) is 4.97. The summed E-state index contributed by atoms with van der Waals surface area (Å²) in [4.78, 5) is 10.2. The highest BCUT2D eigenvalue weighted by Crippen LogP contribution is 2.30. The third kappa shape index (κ3) is 2.82. The van der Waals surface area contributed by atoms with Gasteiger partial charge in [-0.1, -0.05) is 18.2 Å². The van der Waals surface area contributed by atoms with Crippen LogP contribution in [0.1, 0.15) is 0 Å². The smallest absolute Gasteiger partial charge is 0.273 e. The summed E-state index contributed by atoms with van der Waals surface area (Å²) >= 11 is 3.34. The molecule has 0 aromatic heterocycles. The van der Waals surface area contributed by atoms with Crippen molar-refractivity contribution >= 4 is 21.6 Å². The summed E-state index contributed by atoms with van der Waals surface area (Å²) in [5.41, 5.74) is 0.00885. The van der Waals surface area contributed by atoms with E-state index in [0.29, 0.717) is 11.5 Å². The van der Waals surface area contributed by atoms with Gasteiger partial charge in [0.05, 0.1) is 15.5 Å². The van der Waals surface area contributed by atoms with Crippen molar-refractivity contribution in [3.63, 3.8) is 0 Å². The molecular weight excluding hydrogens is 286 g/mol. The van der Waals surface area contributed by atoms with Crippen LogP contribution in [0, 0.1) is 10.1 Å². The molecule has 0 aliphatic carbocycles. The molecule has 0 bridgehead atoms. The zero-order valence-corrected chi connectivity index (χ0v) is 10.3. The molecule has 0 aliphatic rings. The van der Waals surface area contributed by atoms with E-state index in [1.807, 2.05) is 18.2 Å². The molecule has 0 amide bonds. The highest BCUT2D eigenvalue weighted by atomic mass is 79.9. The van der Waals surface area contributed by atoms with Gasteiger partial charge < -0.3 is 4.74 Å². The van der Waals surface area contributed by atoms with E-state index in [0.717, 1.165) is 4.47 Å². The van der Waals surface area contributed by atoms with Crippen molar-refractivity contribution in [3.05, 3.63) is 63.1 Å². The summed E-state index contributed by atoms with van der Waals surface area (Å²) in [6.07, 6.45) is 0. The zero-order chi connectivity index (χ0) is 12.3. The number of benzene rings is 2. The Labute approximate surface area is 106 Å². The van der Waals surface area contributed by atoms with Gasteiger partial charge in [0.25, 0.3) is 5.69 Å². The number of para-hydroxylation sites is 1. The van der Waals surface area contributed by atoms with Crippen molar-refractivity contribution in [2.45, 2.75) is 0 Å². The van der Waals surface area contributed by atoms with E-state index in [-0.39, 0.29) is 5.69 Å². The number of non-ortho nitro benzene ring substituents is 1. The Balaban J connectivity index is 2.28. The van der Waals surface area contributed by atoms with E-state index in [9.17, 15) is 10.1 Å². The topological polar surface area (TPSA) is 52.4 Å². The van der Waals surface area contributed by atoms with Gasteiger partial charge in [0, 0.05) is 6.07 Å². The summed E-state index contributed by atoms with van der Waals surface area (Å²) in [6.45, 7) is 0. The van der Waals surface area contributed by atoms with Crippen LogP contribution in [0.15, 0.2) is 53.0 Å². The first-order chi connectivity index (χ1) is 8.16. The number of nitro groups is 1. The number of halogens is 1. The Morgan fingerprint density at radius 1 is 1.12 bits per heavy atom. The van der Waals surface area contributed by atoms with E-state index >= 15 is 0 Å². The van der Waals surface area contributed by atoms with Gasteiger partial charge in [-0.3, -0.25) is 10.1 Å². The molecule has 4 nitrogen and oxygen atoms in total. The Morgan fingerprint density at radius 2 is 1.88 bits per heavy atom. The molecule has 2 aromatic carbocycles. The van der Waals surface area contributed by atoms with Crippen LogP contribution in [0.3, 0.4) is 0 Å². The third-order valence-corrected chi connectivity index (χ3v) is 2.75. The fourth-order valence-electron chi connectivity index (χ4n) is 1.32. The third-order valence-electron chi connectivity index (χ3n) is 2.09. The fourth-order valence-corrected chi connectivity index (χ4v) is 1.68. The Hall–Kier alpha value is -1.88. The van der Waals surface area contributed by atoms with Crippen molar-refractivity contribution in [2.24, 2.45) is 0 Å². The molecule has 86 valence electrons. The summed E-state index contributed by atoms with van der Waals surface area (Å²) < 4.78 is 6.35. The molecule has 2 aromatic rings. The minimum absolute atomic E-state index is 0.00885. The van der Waals surface area contributed by atoms with Crippen LogP contribution in [-0.2, 0) is 0 Å². The quantitative estimate of drug-likeness (QED) is 0.631. The molecular formula is C12H8BrNO3. The van der Waals surface area contributed by atoms with Crippen LogP contribution in [-0.4, -0.2) is 4.92 Å². The summed E-state index contributed by atoms with van der Waals surface area (Å²) in [5, 5.41) is 10.6. The predicted molar refractivity (Wildman–Crippen MR) is 67.3 cm³/mol. The minimum Gasteiger partial charge on any atom is -0.456 e. The number of rotatable bonds is 3. The van der Waals surface area contributed by atoms with Crippen molar-refractivity contribution in [1.29, 1.82) is 0 Å². The normalized spacial score (nSPS) is 9.94. The molecule has 17 heavy (non-hydrogen) atoms. The Bertz CT molecular complexity index is 557. The predicted octanol–water partition coefficient (Wildman–Crippen LogP) is 4.15. The Kier molecular flexibility index (Phi) is 3.39. The molecule has 0 saturated heterocycles. The lowest BCUT2D eigenvalue weighted by Crippen LogP contribution is -1.89. The molecule has 0 atom stereocenters. The first-order valence-electron chi connectivity index (χ1n) is 4.83. The van der Waals surface area contributed by atoms with Crippen molar-refractivity contribution < 1.29 is 9.66 Å². The van der Waals surface area contributed by atoms with Crippen LogP contribution in [0.4, 0.5) is 5.69 Å². The van der Waals surface area contributed by atoms with Crippen LogP contribution in [0.25, 0.3) is 0 Å². The monoisotopic (exact) mass is 293 g/mol. The van der Waals surface area contributed by atoms with Gasteiger partial charge in [-0.2, -0.15) is 0 Å². The van der Waals surface area contributed by atoms with Gasteiger partial charge in [0.1, 0.15) is 11.5 Å². The van der Waals surface area contributed by atoms with Crippen molar-refractivity contribution in [3.8, 4) is 11.5 Å². The maximum absolute atomic E-state index is 10.6. The molecule has 0 fully saturated rings. The fraction of sp³-hybridized carbons (Fsp3) is 0. The molecule has 0 radical (unpaired) electrons. The van der Waals surface area contributed by atoms with E-state index in [2.05, 4.69) is 15.9 Å². The van der Waals surface area contributed by atoms with E-state index < -0.39 is 4.92 Å². The minimum atomic E-state index is -0.451. The van der Waals surface area contributed by atoms with Crippen molar-refractivity contribution in [1.82, 2.24) is 0 Å². The SMILES string of the molecule is O=[N+]([O-])c1cccc(Oc2ccccc2Br)c1. The lowest BCUT2D eigenvalue weighted by atomic mass is 10.3. The van der Waals surface area contributed by atoms with E-state index in [1.54, 1.807) is 18.2 Å². The van der Waals surface area contributed by atoms with Crippen LogP contribution < -0.4 is 4.74 Å². The molecule has 0 heterocycles. The number of hydrogen-bond acceptors (Lipinski definition) is 3. The highest BCUT2D eigenvalue weighted by Gasteiger charge is 2.07. The standard InChI is InChI=1S/C12H8BrNO3/c13-11-6-1-2-7-12(11)17-10-5-3-4-9(8-10)14(15)16/h1-8H. The maximum atomic E-state index is 10.6. The maximum Gasteiger partial charge on any atom is 0.273 e. The molecule has 0 N–H and O–H groups in total. The first-order valence-corrected chi connectivity index (χ1v) is 5.63. The highest BCUT2D eigenvalue weighted by molar-refractivity contribution is 9.10. The largest absolute Gasteiger partial charge is 0.456 e. The average molecular weight is 294 g/mol. The van der Waals surface area contributed by atoms with Crippen molar-refractivity contribution in [2.75, 3.05) is 0 Å². The average Bonchev–Trinajstić information content (AvgIpc) is 2.32. The number of hydrogen-bond donors (Lipinski definition) is 0. The molecule has 2 rings (SSSR count). The number of nitro benzene ring substituents is 1. The second-order valence-electron chi connectivity index (χ2n) is 3.29. The van der Waals surface area contributed by atoms with Crippen LogP contribution in [0.5, 0.6) is 11.5 Å². The summed E-state index contributed by atoms with van der Waals surface area (Å²) in [5.74, 6) is 1.05. The van der Waals surface area contributed by atoms with Gasteiger partial charge in [-0.05, 0) is 34.1 Å². The van der Waals surface area contributed by atoms with Crippen LogP contribution >= 0.6 is 15.9 Å². The first kappa shape index (κ1) is 11.6. The molecule has 0 unspecified atom stereocenters. The molecule has 5 heteroatoms. The van der Waals surface area contributed by atoms with Gasteiger partial charge >= 0.3 is 0 Å². The zero-order valence-electron chi connectivity index (χ0n) is 8.67. The summed E-state index contributed by atoms with van der Waals surface area (Å²) in [7, 11) is 0. The molecule has 0 spiro atoms. The Morgan fingerprint density at radius 3 is 2.59 bits per heavy atom. The van der Waals surface area contributed by atoms with Gasteiger partial charge in [0.2, 0.25) is 0 Å². The van der Waals surface area contributed by atoms with Gasteiger partial charge in [-0.15, -0.1) is 0 Å². The van der Waals surface area contributed by atoms with E-state index in [1.165, 1.54) is 12.1 Å². The lowest BCUT2D eigenvalue weighted by Gasteiger charge is -2.06. The number of nitrogens with zero attached hydrogens (tertiary/aromatic N) is 1. The lowest BCUT2D eigenvalue weighted by molar-refractivity contribution is -0.384. The molecule has 0 saturated carbocycles. The summed E-state index contributed by atoms with van der Waals surface area (Å²) in [6, 6.07) is 13.4. The van der Waals surface area contributed by atoms with Gasteiger partial charge in [-0.25, -0.2) is 0 Å². The van der Waals surface area contributed by atoms with Crippen LogP contribution in [0.2, 0.25) is 0 Å². The van der Waals surface area contributed by atoms with Gasteiger partial charge in [0.15, 0.2) is 0 Å². The van der Waals surface area contributed by atoms with E-state index in [4.69, 9.17) is 4.74 Å².